The number of H-pyrrole nitrogens is 1. The Bertz CT molecular complexity index is 1080. The lowest BCUT2D eigenvalue weighted by Crippen LogP contribution is -2.33. The Morgan fingerprint density at radius 1 is 1.32 bits per heavy atom. The van der Waals surface area contributed by atoms with Gasteiger partial charge < -0.3 is 9.88 Å². The van der Waals surface area contributed by atoms with Crippen molar-refractivity contribution in [2.24, 2.45) is 24.8 Å². The van der Waals surface area contributed by atoms with E-state index >= 15 is 0 Å². The molecule has 8 nitrogen and oxygen atoms in total. The number of nitrogens with zero attached hydrogens (tertiary/aromatic N) is 5. The van der Waals surface area contributed by atoms with Crippen molar-refractivity contribution in [3.05, 3.63) is 53.9 Å². The van der Waals surface area contributed by atoms with E-state index < -0.39 is 0 Å². The Labute approximate surface area is 162 Å². The Morgan fingerprint density at radius 3 is 2.79 bits per heavy atom. The zero-order chi connectivity index (χ0) is 19.8. The molecule has 1 amide bonds. The maximum Gasteiger partial charge on any atom is 0.274 e. The molecule has 1 N–H and O–H groups in total. The van der Waals surface area contributed by atoms with E-state index in [1.807, 2.05) is 18.1 Å². The first-order chi connectivity index (χ1) is 13.5. The van der Waals surface area contributed by atoms with Crippen molar-refractivity contribution >= 4 is 11.4 Å². The number of aromatic amines is 1. The molecule has 2 aliphatic rings. The van der Waals surface area contributed by atoms with Gasteiger partial charge in [-0.25, -0.2) is 4.52 Å². The molecule has 0 radical (unpaired) electrons. The van der Waals surface area contributed by atoms with Gasteiger partial charge in [0.2, 0.25) is 5.91 Å². The second-order valence-electron chi connectivity index (χ2n) is 7.64. The van der Waals surface area contributed by atoms with Gasteiger partial charge in [0, 0.05) is 31.9 Å². The van der Waals surface area contributed by atoms with E-state index in [1.165, 1.54) is 12.5 Å². The van der Waals surface area contributed by atoms with Gasteiger partial charge in [0.05, 0.1) is 24.3 Å². The van der Waals surface area contributed by atoms with Crippen molar-refractivity contribution in [2.45, 2.75) is 13.3 Å². The number of hydrogen-bond acceptors (Lipinski definition) is 4. The van der Waals surface area contributed by atoms with Crippen molar-refractivity contribution < 1.29 is 4.79 Å². The first kappa shape index (κ1) is 18.2. The van der Waals surface area contributed by atoms with Crippen LogP contribution >= 0.6 is 0 Å². The van der Waals surface area contributed by atoms with Crippen LogP contribution in [0.3, 0.4) is 0 Å². The fourth-order valence-corrected chi connectivity index (χ4v) is 4.20. The summed E-state index contributed by atoms with van der Waals surface area (Å²) in [7, 11) is 1.83. The number of aryl methyl sites for hydroxylation is 1. The van der Waals surface area contributed by atoms with E-state index in [0.29, 0.717) is 11.2 Å². The minimum absolute atomic E-state index is 0.108. The number of likely N-dealkylation sites (tertiary alicyclic amines) is 1. The Balaban J connectivity index is 0.000000143. The molecule has 3 atom stereocenters. The van der Waals surface area contributed by atoms with E-state index in [-0.39, 0.29) is 11.5 Å². The number of hydrogen-bond donors (Lipinski definition) is 1. The zero-order valence-electron chi connectivity index (χ0n) is 16.1. The van der Waals surface area contributed by atoms with Crippen LogP contribution in [0.15, 0.2) is 48.3 Å². The lowest BCUT2D eigenvalue weighted by atomic mass is 9.68. The molecular formula is C20H24N6O2. The van der Waals surface area contributed by atoms with Gasteiger partial charge in [0.25, 0.3) is 5.56 Å². The third-order valence-electron chi connectivity index (χ3n) is 5.80. The van der Waals surface area contributed by atoms with Crippen LogP contribution in [0.2, 0.25) is 0 Å². The van der Waals surface area contributed by atoms with Crippen molar-refractivity contribution in [3.8, 4) is 11.3 Å². The molecule has 1 saturated carbocycles. The third-order valence-corrected chi connectivity index (χ3v) is 5.80. The van der Waals surface area contributed by atoms with Gasteiger partial charge in [0.1, 0.15) is 5.52 Å². The van der Waals surface area contributed by atoms with Crippen LogP contribution in [-0.4, -0.2) is 48.3 Å². The summed E-state index contributed by atoms with van der Waals surface area (Å²) in [6.45, 7) is 7.73. The fourth-order valence-electron chi connectivity index (χ4n) is 4.20. The number of nitrogens with one attached hydrogen (secondary N) is 1. The van der Waals surface area contributed by atoms with E-state index in [4.69, 9.17) is 0 Å². The van der Waals surface area contributed by atoms with Crippen LogP contribution < -0.4 is 5.56 Å². The molecule has 0 bridgehead atoms. The lowest BCUT2D eigenvalue weighted by molar-refractivity contribution is -0.125. The molecule has 3 aromatic heterocycles. The number of fused-ring (bicyclic) bond motifs is 2. The Kier molecular flexibility index (Phi) is 4.62. The standard InChI is InChI=1S/C10H9N5O.C10H15NO/c1-14-5-7(4-12-14)8-6-15-9(2-3-11-15)10(16)13-8;1-3-10(12)11-5-8-4-7(2)9(8)6-11/h2-6H,1H3,(H,13,16);3,7-9H,1,4-6H2,2H3/t;7-,8-,9-/m.0/s1. The van der Waals surface area contributed by atoms with Gasteiger partial charge in [-0.3, -0.25) is 14.3 Å². The highest BCUT2D eigenvalue weighted by molar-refractivity contribution is 5.87. The smallest absolute Gasteiger partial charge is 0.274 e. The maximum atomic E-state index is 11.7. The number of aromatic nitrogens is 5. The summed E-state index contributed by atoms with van der Waals surface area (Å²) in [5.74, 6) is 2.52. The third kappa shape index (κ3) is 3.26. The minimum Gasteiger partial charge on any atom is -0.339 e. The lowest BCUT2D eigenvalue weighted by Gasteiger charge is -2.36. The summed E-state index contributed by atoms with van der Waals surface area (Å²) < 4.78 is 3.24. The van der Waals surface area contributed by atoms with Crippen molar-refractivity contribution in [1.29, 1.82) is 0 Å². The molecule has 0 aromatic carbocycles. The Morgan fingerprint density at radius 2 is 2.14 bits per heavy atom. The molecule has 1 aliphatic heterocycles. The summed E-state index contributed by atoms with van der Waals surface area (Å²) in [5.41, 5.74) is 1.94. The predicted molar refractivity (Wildman–Crippen MR) is 106 cm³/mol. The summed E-state index contributed by atoms with van der Waals surface area (Å²) in [4.78, 5) is 27.7. The summed E-state index contributed by atoms with van der Waals surface area (Å²) in [6.07, 6.45) is 9.63. The van der Waals surface area contributed by atoms with Crippen LogP contribution in [0.25, 0.3) is 16.8 Å². The van der Waals surface area contributed by atoms with Gasteiger partial charge >= 0.3 is 0 Å². The molecule has 4 heterocycles. The summed E-state index contributed by atoms with van der Waals surface area (Å²) in [5, 5.41) is 8.10. The van der Waals surface area contributed by atoms with Crippen LogP contribution in [0.5, 0.6) is 0 Å². The minimum atomic E-state index is -0.154. The number of rotatable bonds is 2. The number of carbonyl (C=O) groups excluding carboxylic acids is 1. The van der Waals surface area contributed by atoms with Crippen LogP contribution in [0.1, 0.15) is 13.3 Å². The van der Waals surface area contributed by atoms with E-state index in [0.717, 1.165) is 36.4 Å². The Hall–Kier alpha value is -3.16. The van der Waals surface area contributed by atoms with Crippen molar-refractivity contribution in [2.75, 3.05) is 13.1 Å². The van der Waals surface area contributed by atoms with Crippen molar-refractivity contribution in [1.82, 2.24) is 29.3 Å². The van der Waals surface area contributed by atoms with E-state index in [9.17, 15) is 9.59 Å². The first-order valence-electron chi connectivity index (χ1n) is 9.43. The topological polar surface area (TPSA) is 88.3 Å². The maximum absolute atomic E-state index is 11.7. The van der Waals surface area contributed by atoms with Gasteiger partial charge in [-0.15, -0.1) is 0 Å². The first-order valence-corrected chi connectivity index (χ1v) is 9.43. The molecule has 8 heteroatoms. The molecule has 0 spiro atoms. The summed E-state index contributed by atoms with van der Waals surface area (Å²) >= 11 is 0. The number of carbonyl (C=O) groups is 1. The molecule has 146 valence electrons. The van der Waals surface area contributed by atoms with Gasteiger partial charge in [-0.2, -0.15) is 10.2 Å². The normalized spacial score (nSPS) is 22.9. The molecule has 3 aromatic rings. The highest BCUT2D eigenvalue weighted by Gasteiger charge is 2.45. The molecule has 0 unspecified atom stereocenters. The second-order valence-corrected chi connectivity index (χ2v) is 7.64. The molecular weight excluding hydrogens is 356 g/mol. The fraction of sp³-hybridized carbons (Fsp3) is 0.400. The average molecular weight is 380 g/mol. The number of amides is 1. The quantitative estimate of drug-likeness (QED) is 0.686. The van der Waals surface area contributed by atoms with Crippen LogP contribution in [-0.2, 0) is 11.8 Å². The van der Waals surface area contributed by atoms with Crippen molar-refractivity contribution in [3.63, 3.8) is 0 Å². The zero-order valence-corrected chi connectivity index (χ0v) is 16.1. The highest BCUT2D eigenvalue weighted by atomic mass is 16.2. The van der Waals surface area contributed by atoms with Gasteiger partial charge in [0.15, 0.2) is 0 Å². The van der Waals surface area contributed by atoms with Gasteiger partial charge in [-0.1, -0.05) is 13.5 Å². The molecule has 28 heavy (non-hydrogen) atoms. The van der Waals surface area contributed by atoms with Gasteiger partial charge in [-0.05, 0) is 36.3 Å². The monoisotopic (exact) mass is 380 g/mol. The molecule has 2 fully saturated rings. The van der Waals surface area contributed by atoms with E-state index in [1.54, 1.807) is 33.9 Å². The van der Waals surface area contributed by atoms with Crippen LogP contribution in [0, 0.1) is 17.8 Å². The molecule has 1 saturated heterocycles. The van der Waals surface area contributed by atoms with E-state index in [2.05, 4.69) is 28.7 Å². The highest BCUT2D eigenvalue weighted by Crippen LogP contribution is 2.45. The summed E-state index contributed by atoms with van der Waals surface area (Å²) in [6, 6.07) is 1.67. The average Bonchev–Trinajstić information content (AvgIpc) is 3.39. The molecule has 5 rings (SSSR count). The van der Waals surface area contributed by atoms with Crippen LogP contribution in [0.4, 0.5) is 0 Å². The largest absolute Gasteiger partial charge is 0.339 e. The molecule has 1 aliphatic carbocycles. The second kappa shape index (κ2) is 7.10. The predicted octanol–water partition coefficient (Wildman–Crippen LogP) is 1.71. The SMILES string of the molecule is C=CC(=O)N1C[C@@H]2C[C@H](C)[C@@H]2C1.Cn1cc(-c2cn3nccc3c(=O)[nH]2)cn1.